The summed E-state index contributed by atoms with van der Waals surface area (Å²) in [5.41, 5.74) is 0. The number of aliphatic hydroxyl groups excluding tert-OH is 1. The standard InChI is InChI=1S/C24H45N3O4.C7H14O2.3C2H4/c1-7-11-26(6)18-22(28)27-13-9-16-31-24(30)21(4)23(29)20(3)17-19(2)10-8-12-25(5)14-15-27;1-5-3-6(2)9-7(8)4-5;3*1-2/h19-21H,7-18H2,1-6H3;5-8H,3-4H2,1-2H3;3*1-2H2/t19-,20-,21-;5-,6+,7+;;;/m10.../s1. The maximum Gasteiger partial charge on any atom is 0.316 e. The fourth-order valence-corrected chi connectivity index (χ4v) is 5.59. The summed E-state index contributed by atoms with van der Waals surface area (Å²) >= 11 is 0. The number of Topliss-reactive ketones (excluding diaryl/α,β-unsaturated/α-hetero) is 1. The van der Waals surface area contributed by atoms with Crippen LogP contribution in [0.3, 0.4) is 0 Å². The number of carbonyl (C=O) groups excluding carboxylic acids is 3. The molecule has 0 aromatic rings. The SMILES string of the molecule is C=C.C=C.C=C.CCCN(C)CC(=O)N1CCCOC(=O)[C@H](C)C(=O)[C@H](C)C[C@H](C)CCCN(C)CC1.C[C@H]1C[C@@H](C)O[C@@H](O)C1. The minimum Gasteiger partial charge on any atom is -0.465 e. The highest BCUT2D eigenvalue weighted by molar-refractivity contribution is 5.99. The monoisotopic (exact) mass is 654 g/mol. The molecule has 2 rings (SSSR count). The molecule has 0 aromatic carbocycles. The van der Waals surface area contributed by atoms with E-state index in [-0.39, 0.29) is 30.3 Å². The van der Waals surface area contributed by atoms with E-state index in [1.54, 1.807) is 6.92 Å². The van der Waals surface area contributed by atoms with Crippen LogP contribution in [-0.4, -0.2) is 110 Å². The molecule has 2 saturated heterocycles. The van der Waals surface area contributed by atoms with Crippen LogP contribution < -0.4 is 0 Å². The summed E-state index contributed by atoms with van der Waals surface area (Å²) in [6.07, 6.45) is 6.10. The van der Waals surface area contributed by atoms with E-state index in [0.29, 0.717) is 37.9 Å². The van der Waals surface area contributed by atoms with Crippen molar-refractivity contribution in [3.05, 3.63) is 39.5 Å². The maximum atomic E-state index is 12.8. The molecule has 6 atom stereocenters. The van der Waals surface area contributed by atoms with Crippen LogP contribution in [0.4, 0.5) is 0 Å². The molecule has 2 aliphatic rings. The van der Waals surface area contributed by atoms with Crippen molar-refractivity contribution in [1.29, 1.82) is 0 Å². The lowest BCUT2D eigenvalue weighted by Crippen LogP contribution is -2.43. The van der Waals surface area contributed by atoms with E-state index in [2.05, 4.69) is 72.2 Å². The van der Waals surface area contributed by atoms with Gasteiger partial charge in [-0.1, -0.05) is 27.7 Å². The summed E-state index contributed by atoms with van der Waals surface area (Å²) in [5.74, 6) is -0.200. The number of hydrogen-bond acceptors (Lipinski definition) is 8. The van der Waals surface area contributed by atoms with Crippen LogP contribution in [0, 0.1) is 23.7 Å². The summed E-state index contributed by atoms with van der Waals surface area (Å²) in [6, 6.07) is 0. The first kappa shape index (κ1) is 48.1. The second kappa shape index (κ2) is 30.0. The van der Waals surface area contributed by atoms with Gasteiger partial charge in [-0.15, -0.1) is 39.5 Å². The molecule has 0 unspecified atom stereocenters. The first-order valence-electron chi connectivity index (χ1n) is 17.0. The van der Waals surface area contributed by atoms with E-state index in [9.17, 15) is 14.4 Å². The molecular formula is C37H71N3O6. The Balaban J connectivity index is -0.00000102. The van der Waals surface area contributed by atoms with Gasteiger partial charge in [0.2, 0.25) is 5.91 Å². The van der Waals surface area contributed by atoms with E-state index in [1.807, 2.05) is 30.7 Å². The van der Waals surface area contributed by atoms with Crippen LogP contribution in [0.15, 0.2) is 39.5 Å². The van der Waals surface area contributed by atoms with Crippen LogP contribution in [0.5, 0.6) is 0 Å². The highest BCUT2D eigenvalue weighted by Gasteiger charge is 2.28. The molecule has 270 valence electrons. The minimum atomic E-state index is -0.732. The molecule has 2 heterocycles. The van der Waals surface area contributed by atoms with Gasteiger partial charge < -0.3 is 24.4 Å². The molecule has 1 amide bonds. The Morgan fingerprint density at radius 1 is 0.891 bits per heavy atom. The van der Waals surface area contributed by atoms with E-state index in [1.165, 1.54) is 0 Å². The molecular weight excluding hydrogens is 582 g/mol. The van der Waals surface area contributed by atoms with Crippen LogP contribution in [-0.2, 0) is 23.9 Å². The van der Waals surface area contributed by atoms with Gasteiger partial charge in [-0.2, -0.15) is 0 Å². The second-order valence-electron chi connectivity index (χ2n) is 12.4. The van der Waals surface area contributed by atoms with Gasteiger partial charge >= 0.3 is 5.97 Å². The molecule has 9 heteroatoms. The zero-order chi connectivity index (χ0) is 36.2. The zero-order valence-electron chi connectivity index (χ0n) is 30.9. The van der Waals surface area contributed by atoms with Crippen molar-refractivity contribution in [2.45, 2.75) is 98.9 Å². The highest BCUT2D eigenvalue weighted by Crippen LogP contribution is 2.23. The Kier molecular flexibility index (Phi) is 31.4. The molecule has 0 aliphatic carbocycles. The van der Waals surface area contributed by atoms with Crippen LogP contribution in [0.25, 0.3) is 0 Å². The summed E-state index contributed by atoms with van der Waals surface area (Å²) < 4.78 is 10.5. The van der Waals surface area contributed by atoms with E-state index in [4.69, 9.17) is 14.6 Å². The van der Waals surface area contributed by atoms with Crippen molar-refractivity contribution in [1.82, 2.24) is 14.7 Å². The van der Waals surface area contributed by atoms with Gasteiger partial charge in [0, 0.05) is 32.0 Å². The van der Waals surface area contributed by atoms with Crippen molar-refractivity contribution in [3.8, 4) is 0 Å². The Morgan fingerprint density at radius 2 is 1.50 bits per heavy atom. The Hall–Kier alpha value is -2.33. The fraction of sp³-hybridized carbons (Fsp3) is 0.757. The summed E-state index contributed by atoms with van der Waals surface area (Å²) in [6.45, 7) is 34.5. The van der Waals surface area contributed by atoms with Gasteiger partial charge in [-0.25, -0.2) is 0 Å². The normalized spacial score (nSPS) is 27.0. The van der Waals surface area contributed by atoms with Crippen molar-refractivity contribution >= 4 is 17.7 Å². The predicted molar refractivity (Wildman–Crippen MR) is 193 cm³/mol. The average molecular weight is 654 g/mol. The third kappa shape index (κ3) is 23.1. The van der Waals surface area contributed by atoms with Gasteiger partial charge in [0.25, 0.3) is 0 Å². The smallest absolute Gasteiger partial charge is 0.316 e. The Morgan fingerprint density at radius 3 is 2.04 bits per heavy atom. The molecule has 46 heavy (non-hydrogen) atoms. The number of hydrogen-bond donors (Lipinski definition) is 1. The number of amides is 1. The number of rotatable bonds is 4. The van der Waals surface area contributed by atoms with Gasteiger partial charge in [0.05, 0.1) is 19.3 Å². The van der Waals surface area contributed by atoms with Crippen molar-refractivity contribution in [3.63, 3.8) is 0 Å². The zero-order valence-corrected chi connectivity index (χ0v) is 30.9. The van der Waals surface area contributed by atoms with E-state index < -0.39 is 18.2 Å². The number of carbonyl (C=O) groups is 3. The molecule has 2 aliphatic heterocycles. The van der Waals surface area contributed by atoms with Gasteiger partial charge in [-0.05, 0) is 91.4 Å². The van der Waals surface area contributed by atoms with Gasteiger partial charge in [0.1, 0.15) is 11.7 Å². The lowest BCUT2D eigenvalue weighted by molar-refractivity contribution is -0.169. The summed E-state index contributed by atoms with van der Waals surface area (Å²) in [4.78, 5) is 44.0. The third-order valence-corrected chi connectivity index (χ3v) is 7.92. The fourth-order valence-electron chi connectivity index (χ4n) is 5.59. The van der Waals surface area contributed by atoms with Crippen LogP contribution >= 0.6 is 0 Å². The average Bonchev–Trinajstić information content (AvgIpc) is 3.02. The summed E-state index contributed by atoms with van der Waals surface area (Å²) in [5, 5.41) is 9.03. The lowest BCUT2D eigenvalue weighted by Gasteiger charge is -2.28. The van der Waals surface area contributed by atoms with Gasteiger partial charge in [-0.3, -0.25) is 19.3 Å². The number of cyclic esters (lactones) is 1. The quantitative estimate of drug-likeness (QED) is 0.217. The molecule has 2 fully saturated rings. The van der Waals surface area contributed by atoms with Crippen LogP contribution in [0.1, 0.15) is 86.5 Å². The Labute approximate surface area is 283 Å². The minimum absolute atomic E-state index is 0.0333. The first-order valence-corrected chi connectivity index (χ1v) is 17.0. The van der Waals surface area contributed by atoms with Crippen molar-refractivity contribution < 1.29 is 29.0 Å². The summed E-state index contributed by atoms with van der Waals surface area (Å²) in [7, 11) is 4.07. The predicted octanol–water partition coefficient (Wildman–Crippen LogP) is 6.23. The largest absolute Gasteiger partial charge is 0.465 e. The molecule has 0 radical (unpaired) electrons. The maximum absolute atomic E-state index is 12.8. The molecule has 1 N–H and O–H groups in total. The number of aliphatic hydroxyl groups is 1. The number of esters is 1. The number of ketones is 1. The number of likely N-dealkylation sites (N-methyl/N-ethyl adjacent to an activating group) is 2. The van der Waals surface area contributed by atoms with Crippen molar-refractivity contribution in [2.75, 3.05) is 60.0 Å². The molecule has 9 nitrogen and oxygen atoms in total. The number of nitrogens with zero attached hydrogens (tertiary/aromatic N) is 3. The molecule has 0 bridgehead atoms. The third-order valence-electron chi connectivity index (χ3n) is 7.92. The van der Waals surface area contributed by atoms with Crippen LogP contribution in [0.2, 0.25) is 0 Å². The number of ether oxygens (including phenoxy) is 2. The van der Waals surface area contributed by atoms with E-state index in [0.717, 1.165) is 58.2 Å². The second-order valence-corrected chi connectivity index (χ2v) is 12.4. The van der Waals surface area contributed by atoms with E-state index >= 15 is 0 Å². The Bertz CT molecular complexity index is 767. The highest BCUT2D eigenvalue weighted by atomic mass is 16.6. The lowest BCUT2D eigenvalue weighted by atomic mass is 9.86. The molecule has 0 aromatic heterocycles. The topological polar surface area (TPSA) is 99.6 Å². The van der Waals surface area contributed by atoms with Gasteiger partial charge in [0.15, 0.2) is 6.29 Å². The van der Waals surface area contributed by atoms with Crippen molar-refractivity contribution in [2.24, 2.45) is 23.7 Å². The first-order chi connectivity index (χ1) is 21.8. The molecule has 0 saturated carbocycles. The molecule has 0 spiro atoms.